The van der Waals surface area contributed by atoms with Crippen molar-refractivity contribution >= 4 is 11.0 Å². The van der Waals surface area contributed by atoms with Gasteiger partial charge in [0, 0.05) is 6.20 Å². The quantitative estimate of drug-likeness (QED) is 0.572. The second-order valence-corrected chi connectivity index (χ2v) is 2.50. The van der Waals surface area contributed by atoms with Gasteiger partial charge in [0.15, 0.2) is 0 Å². The van der Waals surface area contributed by atoms with Crippen LogP contribution < -0.4 is 0 Å². The van der Waals surface area contributed by atoms with E-state index in [9.17, 15) is 4.39 Å². The molecule has 0 aliphatic rings. The Morgan fingerprint density at radius 3 is 3.09 bits per heavy atom. The lowest BCUT2D eigenvalue weighted by Gasteiger charge is -1.89. The van der Waals surface area contributed by atoms with E-state index in [1.54, 1.807) is 6.07 Å². The van der Waals surface area contributed by atoms with E-state index >= 15 is 0 Å². The first-order chi connectivity index (χ1) is 5.27. The molecule has 1 N–H and O–H groups in total. The molecule has 0 atom stereocenters. The molecule has 0 spiro atoms. The van der Waals surface area contributed by atoms with Crippen LogP contribution in [0.25, 0.3) is 11.0 Å². The molecule has 0 unspecified atom stereocenters. The molecule has 0 fully saturated rings. The van der Waals surface area contributed by atoms with Gasteiger partial charge in [0.1, 0.15) is 0 Å². The fourth-order valence-corrected chi connectivity index (χ4v) is 1.11. The van der Waals surface area contributed by atoms with Gasteiger partial charge in [0.05, 0.1) is 11.0 Å². The molecule has 0 aliphatic heterocycles. The highest BCUT2D eigenvalue weighted by atomic mass is 19.1. The Balaban J connectivity index is 2.87. The lowest BCUT2D eigenvalue weighted by molar-refractivity contribution is 0.589. The molecule has 0 saturated heterocycles. The highest BCUT2D eigenvalue weighted by Gasteiger charge is 2.00. The van der Waals surface area contributed by atoms with Gasteiger partial charge < -0.3 is 4.98 Å². The predicted octanol–water partition coefficient (Wildman–Crippen LogP) is 2.01. The molecule has 0 aliphatic carbocycles. The molecule has 2 nitrogen and oxygen atoms in total. The van der Waals surface area contributed by atoms with Crippen LogP contribution in [-0.2, 0) is 0 Å². The average Bonchev–Trinajstić information content (AvgIpc) is 2.33. The van der Waals surface area contributed by atoms with Crippen molar-refractivity contribution in [3.63, 3.8) is 0 Å². The van der Waals surface area contributed by atoms with Crippen LogP contribution in [-0.4, -0.2) is 9.97 Å². The zero-order valence-electron chi connectivity index (χ0n) is 6.06. The maximum atomic E-state index is 12.6. The Labute approximate surface area is 63.1 Å². The van der Waals surface area contributed by atoms with E-state index < -0.39 is 5.95 Å². The number of nitrogens with one attached hydrogen (secondary N) is 1. The predicted molar refractivity (Wildman–Crippen MR) is 40.8 cm³/mol. The minimum atomic E-state index is -0.430. The van der Waals surface area contributed by atoms with Gasteiger partial charge in [0.25, 0.3) is 0 Å². The summed E-state index contributed by atoms with van der Waals surface area (Å²) in [7, 11) is 0. The van der Waals surface area contributed by atoms with Crippen molar-refractivity contribution in [2.45, 2.75) is 6.92 Å². The monoisotopic (exact) mass is 150 g/mol. The molecule has 0 saturated carbocycles. The van der Waals surface area contributed by atoms with Crippen molar-refractivity contribution in [2.24, 2.45) is 0 Å². The van der Waals surface area contributed by atoms with Crippen LogP contribution in [0.3, 0.4) is 0 Å². The molecule has 2 aromatic heterocycles. The molecular formula is C8H7FN2. The summed E-state index contributed by atoms with van der Waals surface area (Å²) in [6.07, 6.45) is 1.82. The third-order valence-corrected chi connectivity index (χ3v) is 1.68. The number of hydrogen-bond donors (Lipinski definition) is 1. The van der Waals surface area contributed by atoms with E-state index in [0.29, 0.717) is 5.52 Å². The minimum absolute atomic E-state index is 0.430. The summed E-state index contributed by atoms with van der Waals surface area (Å²) in [6.45, 7) is 1.89. The summed E-state index contributed by atoms with van der Waals surface area (Å²) in [5.41, 5.74) is 2.56. The fraction of sp³-hybridized carbons (Fsp3) is 0.125. The van der Waals surface area contributed by atoms with Crippen LogP contribution in [0.2, 0.25) is 0 Å². The summed E-state index contributed by atoms with van der Waals surface area (Å²) in [5.74, 6) is -0.430. The first-order valence-corrected chi connectivity index (χ1v) is 3.37. The standard InChI is InChI=1S/C8H7FN2/c1-5-4-10-6-2-3-7(9)11-8(5)6/h2-4,10H,1H3. The number of rotatable bonds is 0. The van der Waals surface area contributed by atoms with Crippen LogP contribution in [0.5, 0.6) is 0 Å². The normalized spacial score (nSPS) is 10.7. The minimum Gasteiger partial charge on any atom is -0.360 e. The number of hydrogen-bond acceptors (Lipinski definition) is 1. The van der Waals surface area contributed by atoms with Gasteiger partial charge in [-0.05, 0) is 24.6 Å². The topological polar surface area (TPSA) is 28.7 Å². The van der Waals surface area contributed by atoms with E-state index in [4.69, 9.17) is 0 Å². The Morgan fingerprint density at radius 2 is 2.27 bits per heavy atom. The average molecular weight is 150 g/mol. The van der Waals surface area contributed by atoms with Crippen LogP contribution in [0.15, 0.2) is 18.3 Å². The van der Waals surface area contributed by atoms with E-state index in [-0.39, 0.29) is 0 Å². The molecule has 11 heavy (non-hydrogen) atoms. The molecule has 0 amide bonds. The molecule has 2 heterocycles. The van der Waals surface area contributed by atoms with Crippen LogP contribution in [0.4, 0.5) is 4.39 Å². The van der Waals surface area contributed by atoms with Gasteiger partial charge in [-0.1, -0.05) is 0 Å². The molecule has 0 aromatic carbocycles. The third-order valence-electron chi connectivity index (χ3n) is 1.68. The third kappa shape index (κ3) is 0.888. The first kappa shape index (κ1) is 6.34. The Hall–Kier alpha value is -1.38. The molecular weight excluding hydrogens is 143 g/mol. The second-order valence-electron chi connectivity index (χ2n) is 2.50. The zero-order chi connectivity index (χ0) is 7.84. The van der Waals surface area contributed by atoms with E-state index in [1.807, 2.05) is 13.1 Å². The maximum absolute atomic E-state index is 12.6. The van der Waals surface area contributed by atoms with Crippen LogP contribution >= 0.6 is 0 Å². The summed E-state index contributed by atoms with van der Waals surface area (Å²) in [5, 5.41) is 0. The highest BCUT2D eigenvalue weighted by molar-refractivity contribution is 5.78. The number of nitrogens with zero attached hydrogens (tertiary/aromatic N) is 1. The molecule has 2 rings (SSSR count). The Kier molecular flexibility index (Phi) is 1.18. The SMILES string of the molecule is Cc1c[nH]c2ccc(F)nc12. The fourth-order valence-electron chi connectivity index (χ4n) is 1.11. The van der Waals surface area contributed by atoms with Gasteiger partial charge in [-0.25, -0.2) is 4.98 Å². The zero-order valence-corrected chi connectivity index (χ0v) is 6.06. The number of H-pyrrole nitrogens is 1. The number of aromatic amines is 1. The van der Waals surface area contributed by atoms with Crippen molar-refractivity contribution < 1.29 is 4.39 Å². The van der Waals surface area contributed by atoms with Crippen molar-refractivity contribution in [3.8, 4) is 0 Å². The van der Waals surface area contributed by atoms with E-state index in [1.165, 1.54) is 6.07 Å². The summed E-state index contributed by atoms with van der Waals surface area (Å²) >= 11 is 0. The molecule has 3 heteroatoms. The Morgan fingerprint density at radius 1 is 1.45 bits per heavy atom. The van der Waals surface area contributed by atoms with Crippen molar-refractivity contribution in [3.05, 3.63) is 29.8 Å². The molecule has 0 radical (unpaired) electrons. The number of aryl methyl sites for hydroxylation is 1. The van der Waals surface area contributed by atoms with E-state index in [2.05, 4.69) is 9.97 Å². The highest BCUT2D eigenvalue weighted by Crippen LogP contribution is 2.14. The summed E-state index contributed by atoms with van der Waals surface area (Å²) in [6, 6.07) is 3.03. The van der Waals surface area contributed by atoms with Gasteiger partial charge in [0.2, 0.25) is 5.95 Å². The summed E-state index contributed by atoms with van der Waals surface area (Å²) in [4.78, 5) is 6.72. The number of pyridine rings is 1. The first-order valence-electron chi connectivity index (χ1n) is 3.37. The summed E-state index contributed by atoms with van der Waals surface area (Å²) < 4.78 is 12.6. The van der Waals surface area contributed by atoms with Crippen LogP contribution in [0.1, 0.15) is 5.56 Å². The maximum Gasteiger partial charge on any atom is 0.213 e. The molecule has 0 bridgehead atoms. The second kappa shape index (κ2) is 2.05. The van der Waals surface area contributed by atoms with Gasteiger partial charge in [-0.2, -0.15) is 4.39 Å². The van der Waals surface area contributed by atoms with Gasteiger partial charge >= 0.3 is 0 Å². The number of fused-ring (bicyclic) bond motifs is 1. The smallest absolute Gasteiger partial charge is 0.213 e. The van der Waals surface area contributed by atoms with Gasteiger partial charge in [-0.15, -0.1) is 0 Å². The van der Waals surface area contributed by atoms with Crippen LogP contribution in [0, 0.1) is 12.9 Å². The van der Waals surface area contributed by atoms with E-state index in [0.717, 1.165) is 11.1 Å². The molecule has 56 valence electrons. The number of halogens is 1. The van der Waals surface area contributed by atoms with Crippen molar-refractivity contribution in [1.29, 1.82) is 0 Å². The van der Waals surface area contributed by atoms with Crippen molar-refractivity contribution in [2.75, 3.05) is 0 Å². The van der Waals surface area contributed by atoms with Crippen molar-refractivity contribution in [1.82, 2.24) is 9.97 Å². The Bertz CT molecular complexity index is 392. The number of aromatic nitrogens is 2. The lowest BCUT2D eigenvalue weighted by atomic mass is 10.3. The lowest BCUT2D eigenvalue weighted by Crippen LogP contribution is -1.81. The van der Waals surface area contributed by atoms with Gasteiger partial charge in [-0.3, -0.25) is 0 Å². The largest absolute Gasteiger partial charge is 0.360 e. The molecule has 2 aromatic rings.